The number of aryl methyl sites for hydroxylation is 1. The second-order valence-electron chi connectivity index (χ2n) is 7.53. The lowest BCUT2D eigenvalue weighted by Crippen LogP contribution is -2.48. The van der Waals surface area contributed by atoms with Gasteiger partial charge in [0, 0.05) is 43.1 Å². The minimum Gasteiger partial charge on any atom is -0.486 e. The molecule has 31 heavy (non-hydrogen) atoms. The van der Waals surface area contributed by atoms with Crippen LogP contribution in [0.1, 0.15) is 26.6 Å². The van der Waals surface area contributed by atoms with E-state index in [9.17, 15) is 9.18 Å². The molecule has 0 aliphatic carbocycles. The molecule has 3 aromatic rings. The average Bonchev–Trinajstić information content (AvgIpc) is 3.22. The zero-order valence-electron chi connectivity index (χ0n) is 17.2. The molecule has 162 valence electrons. The summed E-state index contributed by atoms with van der Waals surface area (Å²) in [5.74, 6) is -0.0252. The van der Waals surface area contributed by atoms with Crippen molar-refractivity contribution in [2.75, 3.05) is 26.2 Å². The SMILES string of the molecule is Cc1ccc(OCc2nc(CN3CCN(C(=O)c4cc(Cl)ccc4F)CC3)cs2)cc1. The monoisotopic (exact) mass is 459 g/mol. The number of halogens is 2. The summed E-state index contributed by atoms with van der Waals surface area (Å²) in [6.45, 7) is 5.70. The average molecular weight is 460 g/mol. The van der Waals surface area contributed by atoms with Gasteiger partial charge >= 0.3 is 0 Å². The van der Waals surface area contributed by atoms with Gasteiger partial charge in [0.2, 0.25) is 0 Å². The Balaban J connectivity index is 1.27. The Hall–Kier alpha value is -2.48. The van der Waals surface area contributed by atoms with Crippen LogP contribution in [0.25, 0.3) is 0 Å². The Morgan fingerprint density at radius 1 is 1.16 bits per heavy atom. The van der Waals surface area contributed by atoms with Crippen LogP contribution in [0.15, 0.2) is 47.8 Å². The van der Waals surface area contributed by atoms with Crippen molar-refractivity contribution in [2.45, 2.75) is 20.1 Å². The molecule has 5 nitrogen and oxygen atoms in total. The van der Waals surface area contributed by atoms with E-state index < -0.39 is 5.82 Å². The van der Waals surface area contributed by atoms with Crippen LogP contribution in [-0.4, -0.2) is 46.9 Å². The molecule has 1 aromatic heterocycles. The van der Waals surface area contributed by atoms with Crippen molar-refractivity contribution in [3.05, 3.63) is 80.5 Å². The van der Waals surface area contributed by atoms with Crippen LogP contribution < -0.4 is 4.74 Å². The number of carbonyl (C=O) groups is 1. The number of carbonyl (C=O) groups excluding carboxylic acids is 1. The van der Waals surface area contributed by atoms with Crippen LogP contribution in [0.3, 0.4) is 0 Å². The van der Waals surface area contributed by atoms with Gasteiger partial charge in [-0.3, -0.25) is 9.69 Å². The third-order valence-corrected chi connectivity index (χ3v) is 6.29. The van der Waals surface area contributed by atoms with Gasteiger partial charge in [-0.05, 0) is 37.3 Å². The minimum atomic E-state index is -0.542. The number of piperazine rings is 1. The molecule has 1 amide bonds. The molecule has 0 radical (unpaired) electrons. The van der Waals surface area contributed by atoms with Gasteiger partial charge in [-0.2, -0.15) is 0 Å². The lowest BCUT2D eigenvalue weighted by molar-refractivity contribution is 0.0622. The fraction of sp³-hybridized carbons (Fsp3) is 0.304. The van der Waals surface area contributed by atoms with Crippen molar-refractivity contribution in [1.29, 1.82) is 0 Å². The van der Waals surface area contributed by atoms with E-state index in [-0.39, 0.29) is 11.5 Å². The number of benzene rings is 2. The minimum absolute atomic E-state index is 0.0265. The molecule has 1 fully saturated rings. The Morgan fingerprint density at radius 2 is 1.90 bits per heavy atom. The van der Waals surface area contributed by atoms with E-state index in [1.54, 1.807) is 16.2 Å². The summed E-state index contributed by atoms with van der Waals surface area (Å²) in [7, 11) is 0. The maximum Gasteiger partial charge on any atom is 0.256 e. The second-order valence-corrected chi connectivity index (χ2v) is 8.91. The Morgan fingerprint density at radius 3 is 2.65 bits per heavy atom. The summed E-state index contributed by atoms with van der Waals surface area (Å²) < 4.78 is 19.8. The molecule has 1 aliphatic heterocycles. The largest absolute Gasteiger partial charge is 0.486 e. The molecule has 1 aliphatic rings. The third kappa shape index (κ3) is 5.61. The van der Waals surface area contributed by atoms with Gasteiger partial charge in [0.15, 0.2) is 0 Å². The molecule has 0 unspecified atom stereocenters. The fourth-order valence-corrected chi connectivity index (χ4v) is 4.31. The van der Waals surface area contributed by atoms with Crippen molar-refractivity contribution in [3.8, 4) is 5.75 Å². The smallest absolute Gasteiger partial charge is 0.256 e. The predicted molar refractivity (Wildman–Crippen MR) is 120 cm³/mol. The van der Waals surface area contributed by atoms with E-state index in [1.165, 1.54) is 23.8 Å². The van der Waals surface area contributed by atoms with Gasteiger partial charge in [-0.25, -0.2) is 9.37 Å². The first kappa shape index (κ1) is 21.7. The molecule has 1 saturated heterocycles. The van der Waals surface area contributed by atoms with Gasteiger partial charge in [0.25, 0.3) is 5.91 Å². The third-order valence-electron chi connectivity index (χ3n) is 5.19. The number of nitrogens with zero attached hydrogens (tertiary/aromatic N) is 3. The van der Waals surface area contributed by atoms with Gasteiger partial charge in [0.05, 0.1) is 11.3 Å². The molecule has 2 aromatic carbocycles. The molecule has 0 saturated carbocycles. The van der Waals surface area contributed by atoms with E-state index >= 15 is 0 Å². The summed E-state index contributed by atoms with van der Waals surface area (Å²) in [5.41, 5.74) is 2.22. The van der Waals surface area contributed by atoms with E-state index in [0.717, 1.165) is 16.5 Å². The summed E-state index contributed by atoms with van der Waals surface area (Å²) >= 11 is 7.50. The lowest BCUT2D eigenvalue weighted by atomic mass is 10.1. The standard InChI is InChI=1S/C23H23ClFN3O2S/c1-16-2-5-19(6-3-16)30-14-22-26-18(15-31-22)13-27-8-10-28(11-9-27)23(29)20-12-17(24)4-7-21(20)25/h2-7,12,15H,8-11,13-14H2,1H3. The highest BCUT2D eigenvalue weighted by Crippen LogP contribution is 2.20. The topological polar surface area (TPSA) is 45.7 Å². The van der Waals surface area contributed by atoms with Crippen LogP contribution in [-0.2, 0) is 13.2 Å². The first-order chi connectivity index (χ1) is 15.0. The van der Waals surface area contributed by atoms with Crippen LogP contribution in [0.4, 0.5) is 4.39 Å². The Kier molecular flexibility index (Phi) is 6.85. The quantitative estimate of drug-likeness (QED) is 0.532. The molecule has 0 spiro atoms. The number of ether oxygens (including phenoxy) is 1. The van der Waals surface area contributed by atoms with Gasteiger partial charge < -0.3 is 9.64 Å². The Labute approximate surface area is 190 Å². The Bertz CT molecular complexity index is 1050. The van der Waals surface area contributed by atoms with Crippen molar-refractivity contribution in [1.82, 2.24) is 14.8 Å². The molecule has 2 heterocycles. The van der Waals surface area contributed by atoms with Gasteiger partial charge in [-0.1, -0.05) is 29.3 Å². The van der Waals surface area contributed by atoms with E-state index in [2.05, 4.69) is 9.88 Å². The number of hydrogen-bond acceptors (Lipinski definition) is 5. The number of thiazole rings is 1. The highest BCUT2D eigenvalue weighted by molar-refractivity contribution is 7.09. The number of rotatable bonds is 6. The van der Waals surface area contributed by atoms with E-state index in [0.29, 0.717) is 44.4 Å². The summed E-state index contributed by atoms with van der Waals surface area (Å²) in [6.07, 6.45) is 0. The number of hydrogen-bond donors (Lipinski definition) is 0. The number of amides is 1. The van der Waals surface area contributed by atoms with Crippen molar-refractivity contribution in [2.24, 2.45) is 0 Å². The molecule has 0 atom stereocenters. The van der Waals surface area contributed by atoms with Crippen LogP contribution in [0.5, 0.6) is 5.75 Å². The maximum atomic E-state index is 14.0. The zero-order valence-corrected chi connectivity index (χ0v) is 18.8. The highest BCUT2D eigenvalue weighted by atomic mass is 35.5. The lowest BCUT2D eigenvalue weighted by Gasteiger charge is -2.34. The molecule has 8 heteroatoms. The summed E-state index contributed by atoms with van der Waals surface area (Å²) in [6, 6.07) is 12.0. The van der Waals surface area contributed by atoms with Crippen LogP contribution in [0.2, 0.25) is 5.02 Å². The van der Waals surface area contributed by atoms with Crippen molar-refractivity contribution >= 4 is 28.8 Å². The molecular formula is C23H23ClFN3O2S. The summed E-state index contributed by atoms with van der Waals surface area (Å²) in [5, 5.41) is 3.34. The second kappa shape index (κ2) is 9.77. The predicted octanol–water partition coefficient (Wildman–Crippen LogP) is 4.78. The van der Waals surface area contributed by atoms with Gasteiger partial charge in [0.1, 0.15) is 23.2 Å². The first-order valence-electron chi connectivity index (χ1n) is 10.1. The van der Waals surface area contributed by atoms with Gasteiger partial charge in [-0.15, -0.1) is 11.3 Å². The molecular weight excluding hydrogens is 437 g/mol. The number of aromatic nitrogens is 1. The van der Waals surface area contributed by atoms with Crippen molar-refractivity contribution in [3.63, 3.8) is 0 Å². The molecule has 0 N–H and O–H groups in total. The fourth-order valence-electron chi connectivity index (χ4n) is 3.44. The first-order valence-corrected chi connectivity index (χ1v) is 11.3. The highest BCUT2D eigenvalue weighted by Gasteiger charge is 2.24. The van der Waals surface area contributed by atoms with Crippen LogP contribution in [0, 0.1) is 12.7 Å². The van der Waals surface area contributed by atoms with Crippen molar-refractivity contribution < 1.29 is 13.9 Å². The van der Waals surface area contributed by atoms with Crippen LogP contribution >= 0.6 is 22.9 Å². The van der Waals surface area contributed by atoms with E-state index in [4.69, 9.17) is 16.3 Å². The molecule has 4 rings (SSSR count). The maximum absolute atomic E-state index is 14.0. The van der Waals surface area contributed by atoms with E-state index in [1.807, 2.05) is 36.6 Å². The molecule has 0 bridgehead atoms. The zero-order chi connectivity index (χ0) is 21.8. The summed E-state index contributed by atoms with van der Waals surface area (Å²) in [4.78, 5) is 21.2. The normalized spacial score (nSPS) is 14.6.